The molecule has 0 spiro atoms. The third-order valence-electron chi connectivity index (χ3n) is 8.94. The van der Waals surface area contributed by atoms with Crippen LogP contribution in [-0.2, 0) is 17.3 Å². The van der Waals surface area contributed by atoms with Crippen molar-refractivity contribution in [1.82, 2.24) is 39.0 Å². The number of fused-ring (bicyclic) bond motifs is 4. The number of nitrogens with zero attached hydrogens (tertiary/aromatic N) is 6. The molecule has 1 unspecified atom stereocenters. The number of hydrogen-bond acceptors (Lipinski definition) is 7. The number of amides is 1. The highest BCUT2D eigenvalue weighted by Crippen LogP contribution is 2.64. The molecule has 1 fully saturated rings. The molecule has 14 heteroatoms. The maximum absolute atomic E-state index is 14.7. The molecule has 8 rings (SSSR count). The van der Waals surface area contributed by atoms with Gasteiger partial charge in [0.15, 0.2) is 11.5 Å². The number of anilines is 1. The number of nitrogens with one attached hydrogen (secondary N) is 3. The molecular weight excluding hydrogens is 631 g/mol. The van der Waals surface area contributed by atoms with Gasteiger partial charge in [0.1, 0.15) is 5.56 Å². The molecular formula is C34H29N9O4S. The molecule has 240 valence electrons. The summed E-state index contributed by atoms with van der Waals surface area (Å²) in [7, 11) is -0.933. The van der Waals surface area contributed by atoms with Gasteiger partial charge in [0.05, 0.1) is 28.9 Å². The van der Waals surface area contributed by atoms with Crippen molar-refractivity contribution in [2.24, 2.45) is 7.05 Å². The summed E-state index contributed by atoms with van der Waals surface area (Å²) in [6.45, 7) is 1.83. The number of pyridine rings is 1. The number of benzene rings is 2. The highest BCUT2D eigenvalue weighted by Gasteiger charge is 2.50. The van der Waals surface area contributed by atoms with Gasteiger partial charge in [0.2, 0.25) is 0 Å². The van der Waals surface area contributed by atoms with Crippen LogP contribution < -0.4 is 20.3 Å². The highest BCUT2D eigenvalue weighted by atomic mass is 32.2. The van der Waals surface area contributed by atoms with Crippen LogP contribution in [0.2, 0.25) is 0 Å². The van der Waals surface area contributed by atoms with Crippen LogP contribution in [0.15, 0.2) is 78.1 Å². The summed E-state index contributed by atoms with van der Waals surface area (Å²) in [5.41, 5.74) is 4.68. The van der Waals surface area contributed by atoms with E-state index >= 15 is 0 Å². The lowest BCUT2D eigenvalue weighted by molar-refractivity contribution is 0.0941. The van der Waals surface area contributed by atoms with E-state index in [0.29, 0.717) is 22.3 Å². The topological polar surface area (TPSA) is 157 Å². The van der Waals surface area contributed by atoms with E-state index in [1.165, 1.54) is 17.8 Å². The second-order valence-electron chi connectivity index (χ2n) is 11.9. The predicted molar refractivity (Wildman–Crippen MR) is 179 cm³/mol. The fourth-order valence-electron chi connectivity index (χ4n) is 6.82. The van der Waals surface area contributed by atoms with E-state index in [0.717, 1.165) is 28.5 Å². The Hall–Kier alpha value is -5.78. The molecule has 4 aromatic heterocycles. The number of hydrogen-bond donors (Lipinski definition) is 3. The molecule has 2 aromatic carbocycles. The van der Waals surface area contributed by atoms with Gasteiger partial charge in [-0.1, -0.05) is 36.1 Å². The van der Waals surface area contributed by atoms with Gasteiger partial charge in [-0.2, -0.15) is 13.5 Å². The lowest BCUT2D eigenvalue weighted by atomic mass is 9.94. The molecule has 1 amide bonds. The summed E-state index contributed by atoms with van der Waals surface area (Å²) in [6, 6.07) is 14.3. The second kappa shape index (κ2) is 10.9. The van der Waals surface area contributed by atoms with Crippen molar-refractivity contribution in [3.8, 4) is 17.5 Å². The van der Waals surface area contributed by atoms with Gasteiger partial charge in [-0.05, 0) is 66.0 Å². The van der Waals surface area contributed by atoms with E-state index in [2.05, 4.69) is 47.8 Å². The third kappa shape index (κ3) is 4.74. The maximum atomic E-state index is 14.7. The number of aromatic nitrogens is 6. The Morgan fingerprint density at radius 2 is 1.88 bits per heavy atom. The average Bonchev–Trinajstić information content (AvgIpc) is 3.44. The molecule has 0 saturated heterocycles. The second-order valence-corrected chi connectivity index (χ2v) is 13.6. The third-order valence-corrected chi connectivity index (χ3v) is 9.94. The first-order valence-electron chi connectivity index (χ1n) is 15.3. The molecule has 2 aliphatic carbocycles. The molecule has 3 atom stereocenters. The van der Waals surface area contributed by atoms with Crippen LogP contribution in [0, 0.1) is 11.8 Å². The summed E-state index contributed by atoms with van der Waals surface area (Å²) in [5, 5.41) is 13.0. The van der Waals surface area contributed by atoms with Gasteiger partial charge in [-0.15, -0.1) is 5.10 Å². The van der Waals surface area contributed by atoms with Gasteiger partial charge in [-0.25, -0.2) is 14.2 Å². The molecule has 0 bridgehead atoms. The molecule has 3 N–H and O–H groups in total. The van der Waals surface area contributed by atoms with Crippen LogP contribution in [0.3, 0.4) is 0 Å². The Balaban J connectivity index is 1.30. The Morgan fingerprint density at radius 1 is 1.06 bits per heavy atom. The summed E-state index contributed by atoms with van der Waals surface area (Å²) in [4.78, 5) is 33.1. The smallest absolute Gasteiger partial charge is 0.300 e. The molecule has 0 aliphatic heterocycles. The van der Waals surface area contributed by atoms with E-state index in [1.807, 2.05) is 56.6 Å². The van der Waals surface area contributed by atoms with E-state index < -0.39 is 22.2 Å². The number of carbonyl (C=O) groups excluding carboxylic acids is 1. The molecule has 1 saturated carbocycles. The maximum Gasteiger partial charge on any atom is 0.300 e. The van der Waals surface area contributed by atoms with E-state index in [1.54, 1.807) is 27.7 Å². The first kappa shape index (κ1) is 29.6. The van der Waals surface area contributed by atoms with Crippen molar-refractivity contribution in [2.45, 2.75) is 31.2 Å². The zero-order valence-corrected chi connectivity index (χ0v) is 26.9. The zero-order chi connectivity index (χ0) is 33.3. The number of carbonyl (C=O) groups is 1. The standard InChI is InChI=1S/C34H29N9O4S/c1-19(38-33(44)29-31(40-48(46,47)35-2)39-42-15-7-14-36-32(29)42)30-28-25-16-24(25)23-13-12-21(11-10-20-17-37-41(3)18-20)26(27(23)28)34(45)43(30)22-8-5-4-6-9-22/h4-9,12-15,17-19,24-25,35H,16H2,1-3H3,(H,38,44)(H,39,40)/t19?,24-,25-/m0/s1. The number of para-hydroxylation sites is 1. The predicted octanol–water partition coefficient (Wildman–Crippen LogP) is 3.12. The van der Waals surface area contributed by atoms with Crippen molar-refractivity contribution >= 4 is 38.4 Å². The Bertz CT molecular complexity index is 2540. The van der Waals surface area contributed by atoms with Crippen LogP contribution in [-0.4, -0.2) is 50.3 Å². The Labute approximate surface area is 274 Å². The van der Waals surface area contributed by atoms with Gasteiger partial charge >= 0.3 is 0 Å². The van der Waals surface area contributed by atoms with Gasteiger partial charge in [0.25, 0.3) is 21.7 Å². The first-order chi connectivity index (χ1) is 23.1. The quantitative estimate of drug-likeness (QED) is 0.222. The molecule has 6 aromatic rings. The van der Waals surface area contributed by atoms with Crippen molar-refractivity contribution in [1.29, 1.82) is 0 Å². The molecule has 13 nitrogen and oxygen atoms in total. The van der Waals surface area contributed by atoms with Crippen molar-refractivity contribution in [3.05, 3.63) is 117 Å². The summed E-state index contributed by atoms with van der Waals surface area (Å²) in [5.74, 6) is 6.06. The van der Waals surface area contributed by atoms with Gasteiger partial charge < -0.3 is 5.32 Å². The minimum atomic E-state index is -4.01. The average molecular weight is 660 g/mol. The van der Waals surface area contributed by atoms with Crippen LogP contribution in [0.1, 0.15) is 69.5 Å². The van der Waals surface area contributed by atoms with Gasteiger partial charge in [-0.3, -0.25) is 23.6 Å². The minimum absolute atomic E-state index is 0.0509. The van der Waals surface area contributed by atoms with E-state index in [9.17, 15) is 18.0 Å². The fourth-order valence-corrected chi connectivity index (χ4v) is 7.31. The van der Waals surface area contributed by atoms with Crippen LogP contribution in [0.5, 0.6) is 0 Å². The number of rotatable bonds is 7. The normalized spacial score (nSPS) is 16.7. The Kier molecular flexibility index (Phi) is 6.72. The van der Waals surface area contributed by atoms with Gasteiger partial charge in [0, 0.05) is 43.9 Å². The molecule has 2 aliphatic rings. The van der Waals surface area contributed by atoms with Crippen molar-refractivity contribution in [3.63, 3.8) is 0 Å². The summed E-state index contributed by atoms with van der Waals surface area (Å²) >= 11 is 0. The lowest BCUT2D eigenvalue weighted by Crippen LogP contribution is -2.34. The molecule has 4 heterocycles. The minimum Gasteiger partial charge on any atom is -0.344 e. The molecule has 0 radical (unpaired) electrons. The zero-order valence-electron chi connectivity index (χ0n) is 26.1. The monoisotopic (exact) mass is 659 g/mol. The lowest BCUT2D eigenvalue weighted by Gasteiger charge is -2.25. The summed E-state index contributed by atoms with van der Waals surface area (Å²) in [6.07, 6.45) is 7.51. The van der Waals surface area contributed by atoms with Crippen molar-refractivity contribution < 1.29 is 13.2 Å². The van der Waals surface area contributed by atoms with E-state index in [-0.39, 0.29) is 34.4 Å². The first-order valence-corrected chi connectivity index (χ1v) is 16.8. The molecule has 48 heavy (non-hydrogen) atoms. The van der Waals surface area contributed by atoms with Crippen molar-refractivity contribution in [2.75, 3.05) is 11.8 Å². The van der Waals surface area contributed by atoms with Crippen LogP contribution in [0.25, 0.3) is 22.1 Å². The highest BCUT2D eigenvalue weighted by molar-refractivity contribution is 7.90. The summed E-state index contributed by atoms with van der Waals surface area (Å²) < 4.78 is 34.1. The van der Waals surface area contributed by atoms with Crippen LogP contribution in [0.4, 0.5) is 5.82 Å². The fraction of sp³-hybridized carbons (Fsp3) is 0.206. The van der Waals surface area contributed by atoms with Crippen LogP contribution >= 0.6 is 0 Å². The SMILES string of the molecule is CNS(=O)(=O)Nc1nn2cccnc2c1C(=O)NC(C)c1c2c3c(ccc(C#Cc4cnn(C)c4)c3c(=O)n1-c1ccccc1)[C@@H]1C[C@H]21. The number of aryl methyl sites for hydroxylation is 1. The Morgan fingerprint density at radius 3 is 2.62 bits per heavy atom. The van der Waals surface area contributed by atoms with E-state index in [4.69, 9.17) is 0 Å². The largest absolute Gasteiger partial charge is 0.344 e.